The Morgan fingerprint density at radius 2 is 2.00 bits per heavy atom. The lowest BCUT2D eigenvalue weighted by Crippen LogP contribution is -2.66. The van der Waals surface area contributed by atoms with Crippen LogP contribution in [0.4, 0.5) is 0 Å². The summed E-state index contributed by atoms with van der Waals surface area (Å²) in [5, 5.41) is 3.85. The number of rotatable bonds is 5. The summed E-state index contributed by atoms with van der Waals surface area (Å²) >= 11 is 0. The maximum absolute atomic E-state index is 3.85. The maximum Gasteiger partial charge on any atom is 0.0337 e. The Morgan fingerprint density at radius 1 is 1.29 bits per heavy atom. The third kappa shape index (κ3) is 3.17. The fourth-order valence-corrected chi connectivity index (χ4v) is 3.99. The van der Waals surface area contributed by atoms with Gasteiger partial charge < -0.3 is 5.32 Å². The lowest BCUT2D eigenvalue weighted by Gasteiger charge is -2.51. The average Bonchev–Trinajstić information content (AvgIpc) is 3.35. The fourth-order valence-electron chi connectivity index (χ4n) is 3.99. The molecule has 3 unspecified atom stereocenters. The highest BCUT2D eigenvalue weighted by molar-refractivity contribution is 5.17. The zero-order chi connectivity index (χ0) is 14.9. The van der Waals surface area contributed by atoms with Crippen molar-refractivity contribution in [2.45, 2.75) is 64.1 Å². The molecule has 1 aromatic carbocycles. The van der Waals surface area contributed by atoms with Crippen molar-refractivity contribution in [1.29, 1.82) is 0 Å². The zero-order valence-corrected chi connectivity index (χ0v) is 13.8. The fraction of sp³-hybridized carbons (Fsp3) is 0.684. The highest BCUT2D eigenvalue weighted by Gasteiger charge is 2.49. The van der Waals surface area contributed by atoms with Gasteiger partial charge in [0.05, 0.1) is 0 Å². The minimum atomic E-state index is 0.378. The standard InChI is InChI=1S/C19H30N2/c1-4-15(2)21-13-18(12-16-8-6-5-7-9-16)20-14-19(21,3)17-10-11-17/h5-9,15,17-18,20H,4,10-14H2,1-3H3. The molecule has 0 amide bonds. The highest BCUT2D eigenvalue weighted by atomic mass is 15.3. The molecule has 1 saturated carbocycles. The van der Waals surface area contributed by atoms with Gasteiger partial charge in [0, 0.05) is 30.7 Å². The number of hydrogen-bond acceptors (Lipinski definition) is 2. The summed E-state index contributed by atoms with van der Waals surface area (Å²) < 4.78 is 0. The van der Waals surface area contributed by atoms with Crippen molar-refractivity contribution < 1.29 is 0 Å². The number of benzene rings is 1. The van der Waals surface area contributed by atoms with E-state index in [9.17, 15) is 0 Å². The van der Waals surface area contributed by atoms with Gasteiger partial charge in [-0.3, -0.25) is 4.90 Å². The molecule has 3 rings (SSSR count). The Morgan fingerprint density at radius 3 is 2.62 bits per heavy atom. The summed E-state index contributed by atoms with van der Waals surface area (Å²) in [7, 11) is 0. The van der Waals surface area contributed by atoms with Crippen LogP contribution in [0.1, 0.15) is 45.6 Å². The van der Waals surface area contributed by atoms with Crippen LogP contribution in [0, 0.1) is 5.92 Å². The Kier molecular flexibility index (Phi) is 4.37. The summed E-state index contributed by atoms with van der Waals surface area (Å²) in [4.78, 5) is 2.81. The SMILES string of the molecule is CCC(C)N1CC(Cc2ccccc2)NCC1(C)C1CC1. The monoisotopic (exact) mass is 286 g/mol. The van der Waals surface area contributed by atoms with E-state index in [0.717, 1.165) is 18.9 Å². The first-order valence-electron chi connectivity index (χ1n) is 8.67. The van der Waals surface area contributed by atoms with Crippen molar-refractivity contribution in [2.75, 3.05) is 13.1 Å². The third-order valence-corrected chi connectivity index (χ3v) is 5.73. The molecular formula is C19H30N2. The number of nitrogens with zero attached hydrogens (tertiary/aromatic N) is 1. The van der Waals surface area contributed by atoms with Crippen LogP contribution in [-0.2, 0) is 6.42 Å². The summed E-state index contributed by atoms with van der Waals surface area (Å²) in [6.45, 7) is 9.57. The van der Waals surface area contributed by atoms with Crippen LogP contribution in [0.25, 0.3) is 0 Å². The molecule has 0 bridgehead atoms. The molecule has 1 saturated heterocycles. The van der Waals surface area contributed by atoms with E-state index < -0.39 is 0 Å². The Hall–Kier alpha value is -0.860. The largest absolute Gasteiger partial charge is 0.311 e. The minimum absolute atomic E-state index is 0.378. The predicted octanol–water partition coefficient (Wildman–Crippen LogP) is 3.47. The smallest absolute Gasteiger partial charge is 0.0337 e. The van der Waals surface area contributed by atoms with Crippen LogP contribution in [0.15, 0.2) is 30.3 Å². The molecule has 2 heteroatoms. The lowest BCUT2D eigenvalue weighted by atomic mass is 9.86. The first-order valence-corrected chi connectivity index (χ1v) is 8.67. The van der Waals surface area contributed by atoms with Crippen LogP contribution in [0.2, 0.25) is 0 Å². The van der Waals surface area contributed by atoms with E-state index in [-0.39, 0.29) is 0 Å². The molecule has 0 radical (unpaired) electrons. The van der Waals surface area contributed by atoms with E-state index in [4.69, 9.17) is 0 Å². The molecule has 2 aliphatic rings. The molecule has 116 valence electrons. The molecule has 3 atom stereocenters. The van der Waals surface area contributed by atoms with Crippen LogP contribution >= 0.6 is 0 Å². The topological polar surface area (TPSA) is 15.3 Å². The first-order chi connectivity index (χ1) is 10.1. The van der Waals surface area contributed by atoms with Gasteiger partial charge in [-0.05, 0) is 51.0 Å². The predicted molar refractivity (Wildman–Crippen MR) is 89.5 cm³/mol. The van der Waals surface area contributed by atoms with Crippen molar-refractivity contribution in [3.8, 4) is 0 Å². The van der Waals surface area contributed by atoms with Crippen molar-refractivity contribution in [1.82, 2.24) is 10.2 Å². The molecule has 1 aromatic rings. The van der Waals surface area contributed by atoms with Gasteiger partial charge in [0.15, 0.2) is 0 Å². The second-order valence-corrected chi connectivity index (χ2v) is 7.31. The van der Waals surface area contributed by atoms with Gasteiger partial charge >= 0.3 is 0 Å². The van der Waals surface area contributed by atoms with Gasteiger partial charge in [-0.1, -0.05) is 37.3 Å². The summed E-state index contributed by atoms with van der Waals surface area (Å²) in [6, 6.07) is 12.2. The molecule has 21 heavy (non-hydrogen) atoms. The Balaban J connectivity index is 1.70. The highest BCUT2D eigenvalue weighted by Crippen LogP contribution is 2.45. The normalized spacial score (nSPS) is 32.0. The van der Waals surface area contributed by atoms with Gasteiger partial charge in [-0.2, -0.15) is 0 Å². The van der Waals surface area contributed by atoms with E-state index in [2.05, 4.69) is 61.3 Å². The molecule has 1 heterocycles. The molecule has 0 spiro atoms. The quantitative estimate of drug-likeness (QED) is 0.891. The summed E-state index contributed by atoms with van der Waals surface area (Å²) in [5.41, 5.74) is 1.83. The van der Waals surface area contributed by atoms with E-state index in [1.54, 1.807) is 0 Å². The number of nitrogens with one attached hydrogen (secondary N) is 1. The van der Waals surface area contributed by atoms with Crippen molar-refractivity contribution >= 4 is 0 Å². The molecule has 2 fully saturated rings. The second kappa shape index (κ2) is 6.10. The maximum atomic E-state index is 3.85. The van der Waals surface area contributed by atoms with E-state index in [1.807, 2.05) is 0 Å². The Bertz CT molecular complexity index is 454. The minimum Gasteiger partial charge on any atom is -0.311 e. The molecule has 2 nitrogen and oxygen atoms in total. The molecule has 1 N–H and O–H groups in total. The van der Waals surface area contributed by atoms with E-state index in [0.29, 0.717) is 17.6 Å². The van der Waals surface area contributed by atoms with Gasteiger partial charge in [-0.15, -0.1) is 0 Å². The van der Waals surface area contributed by atoms with Crippen LogP contribution < -0.4 is 5.32 Å². The van der Waals surface area contributed by atoms with Crippen LogP contribution in [-0.4, -0.2) is 35.6 Å². The van der Waals surface area contributed by atoms with Crippen molar-refractivity contribution in [3.63, 3.8) is 0 Å². The average molecular weight is 286 g/mol. The first kappa shape index (κ1) is 15.1. The molecule has 0 aromatic heterocycles. The van der Waals surface area contributed by atoms with Crippen molar-refractivity contribution in [3.05, 3.63) is 35.9 Å². The molecular weight excluding hydrogens is 256 g/mol. The van der Waals surface area contributed by atoms with Gasteiger partial charge in [0.1, 0.15) is 0 Å². The Labute approximate surface area is 129 Å². The van der Waals surface area contributed by atoms with E-state index in [1.165, 1.54) is 31.4 Å². The summed E-state index contributed by atoms with van der Waals surface area (Å²) in [5.74, 6) is 0.914. The molecule has 1 aliphatic heterocycles. The number of hydrogen-bond donors (Lipinski definition) is 1. The van der Waals surface area contributed by atoms with Gasteiger partial charge in [0.25, 0.3) is 0 Å². The van der Waals surface area contributed by atoms with Gasteiger partial charge in [0.2, 0.25) is 0 Å². The van der Waals surface area contributed by atoms with Crippen molar-refractivity contribution in [2.24, 2.45) is 5.92 Å². The van der Waals surface area contributed by atoms with E-state index >= 15 is 0 Å². The lowest BCUT2D eigenvalue weighted by molar-refractivity contribution is 0.00252. The zero-order valence-electron chi connectivity index (χ0n) is 13.8. The molecule has 1 aliphatic carbocycles. The third-order valence-electron chi connectivity index (χ3n) is 5.73. The second-order valence-electron chi connectivity index (χ2n) is 7.31. The number of piperazine rings is 1. The van der Waals surface area contributed by atoms with Gasteiger partial charge in [-0.25, -0.2) is 0 Å². The van der Waals surface area contributed by atoms with Crippen LogP contribution in [0.3, 0.4) is 0 Å². The van der Waals surface area contributed by atoms with Crippen LogP contribution in [0.5, 0.6) is 0 Å². The summed E-state index contributed by atoms with van der Waals surface area (Å²) in [6.07, 6.45) is 5.25.